The molecule has 1 N–H and O–H groups in total. The van der Waals surface area contributed by atoms with Gasteiger partial charge in [0.15, 0.2) is 0 Å². The van der Waals surface area contributed by atoms with Gasteiger partial charge in [-0.05, 0) is 45.2 Å². The van der Waals surface area contributed by atoms with Gasteiger partial charge >= 0.3 is 0 Å². The molecule has 0 radical (unpaired) electrons. The van der Waals surface area contributed by atoms with Gasteiger partial charge in [0.25, 0.3) is 0 Å². The second-order valence-corrected chi connectivity index (χ2v) is 5.86. The zero-order chi connectivity index (χ0) is 12.7. The van der Waals surface area contributed by atoms with E-state index < -0.39 is 0 Å². The number of nitrogens with zero attached hydrogens (tertiary/aromatic N) is 1. The number of hydrogen-bond acceptors (Lipinski definition) is 2. The van der Waals surface area contributed by atoms with Crippen LogP contribution in [0.1, 0.15) is 59.8 Å². The summed E-state index contributed by atoms with van der Waals surface area (Å²) in [4.78, 5) is 2.51. The van der Waals surface area contributed by atoms with Crippen LogP contribution in [0.25, 0.3) is 0 Å². The Bertz CT molecular complexity index is 189. The van der Waals surface area contributed by atoms with Gasteiger partial charge in [0, 0.05) is 18.6 Å². The molecule has 0 heterocycles. The fourth-order valence-electron chi connectivity index (χ4n) is 2.98. The summed E-state index contributed by atoms with van der Waals surface area (Å²) in [5.74, 6) is 0.944. The predicted octanol–water partition coefficient (Wildman–Crippen LogP) is 3.28. The van der Waals surface area contributed by atoms with Crippen LogP contribution in [0.4, 0.5) is 0 Å². The Balaban J connectivity index is 2.27. The van der Waals surface area contributed by atoms with Crippen molar-refractivity contribution in [2.24, 2.45) is 5.92 Å². The molecule has 17 heavy (non-hydrogen) atoms. The van der Waals surface area contributed by atoms with Crippen LogP contribution in [-0.2, 0) is 0 Å². The minimum atomic E-state index is 0.633. The minimum absolute atomic E-state index is 0.633. The van der Waals surface area contributed by atoms with Crippen molar-refractivity contribution < 1.29 is 0 Å². The molecule has 3 unspecified atom stereocenters. The van der Waals surface area contributed by atoms with Gasteiger partial charge < -0.3 is 10.2 Å². The van der Waals surface area contributed by atoms with E-state index in [1.165, 1.54) is 51.7 Å². The molecule has 1 saturated carbocycles. The van der Waals surface area contributed by atoms with Crippen molar-refractivity contribution in [3.8, 4) is 0 Å². The SMILES string of the molecule is CCN(CC)CC(C)NC1CCCC(C)CC1. The summed E-state index contributed by atoms with van der Waals surface area (Å²) in [6.45, 7) is 12.8. The first-order valence-electron chi connectivity index (χ1n) is 7.64. The molecule has 0 aromatic heterocycles. The highest BCUT2D eigenvalue weighted by Gasteiger charge is 2.18. The molecule has 0 spiro atoms. The number of hydrogen-bond donors (Lipinski definition) is 1. The van der Waals surface area contributed by atoms with Crippen LogP contribution in [0.3, 0.4) is 0 Å². The summed E-state index contributed by atoms with van der Waals surface area (Å²) in [5.41, 5.74) is 0. The number of nitrogens with one attached hydrogen (secondary N) is 1. The molecule has 102 valence electrons. The van der Waals surface area contributed by atoms with E-state index in [-0.39, 0.29) is 0 Å². The molecule has 1 aliphatic carbocycles. The molecule has 0 amide bonds. The second-order valence-electron chi connectivity index (χ2n) is 5.86. The van der Waals surface area contributed by atoms with E-state index in [4.69, 9.17) is 0 Å². The number of rotatable bonds is 6. The summed E-state index contributed by atoms with van der Waals surface area (Å²) in [5, 5.41) is 3.84. The van der Waals surface area contributed by atoms with E-state index in [0.29, 0.717) is 6.04 Å². The van der Waals surface area contributed by atoms with E-state index >= 15 is 0 Å². The Morgan fingerprint density at radius 1 is 1.12 bits per heavy atom. The molecule has 1 rings (SSSR count). The van der Waals surface area contributed by atoms with Crippen molar-refractivity contribution >= 4 is 0 Å². The Morgan fingerprint density at radius 2 is 1.82 bits per heavy atom. The van der Waals surface area contributed by atoms with Crippen LogP contribution >= 0.6 is 0 Å². The quantitative estimate of drug-likeness (QED) is 0.717. The van der Waals surface area contributed by atoms with Crippen LogP contribution in [0.2, 0.25) is 0 Å². The molecule has 0 aromatic carbocycles. The van der Waals surface area contributed by atoms with Crippen molar-refractivity contribution in [1.29, 1.82) is 0 Å². The zero-order valence-corrected chi connectivity index (χ0v) is 12.3. The summed E-state index contributed by atoms with van der Waals surface area (Å²) < 4.78 is 0. The van der Waals surface area contributed by atoms with Crippen molar-refractivity contribution in [2.75, 3.05) is 19.6 Å². The molecule has 0 aromatic rings. The first-order chi connectivity index (χ1) is 8.15. The van der Waals surface area contributed by atoms with Gasteiger partial charge in [0.05, 0.1) is 0 Å². The summed E-state index contributed by atoms with van der Waals surface area (Å²) in [6.07, 6.45) is 7.02. The Morgan fingerprint density at radius 3 is 2.47 bits per heavy atom. The smallest absolute Gasteiger partial charge is 0.0169 e. The van der Waals surface area contributed by atoms with Crippen molar-refractivity contribution in [2.45, 2.75) is 71.9 Å². The zero-order valence-electron chi connectivity index (χ0n) is 12.3. The van der Waals surface area contributed by atoms with Gasteiger partial charge in [-0.3, -0.25) is 0 Å². The number of likely N-dealkylation sites (N-methyl/N-ethyl adjacent to an activating group) is 1. The van der Waals surface area contributed by atoms with Crippen LogP contribution in [0.15, 0.2) is 0 Å². The fourth-order valence-corrected chi connectivity index (χ4v) is 2.98. The van der Waals surface area contributed by atoms with E-state index in [2.05, 4.69) is 37.9 Å². The third kappa shape index (κ3) is 5.87. The van der Waals surface area contributed by atoms with Crippen molar-refractivity contribution in [3.63, 3.8) is 0 Å². The Kier molecular flexibility index (Phi) is 7.14. The van der Waals surface area contributed by atoms with E-state index in [1.54, 1.807) is 0 Å². The lowest BCUT2D eigenvalue weighted by Crippen LogP contribution is -2.43. The molecule has 0 saturated heterocycles. The lowest BCUT2D eigenvalue weighted by atomic mass is 10.0. The Hall–Kier alpha value is -0.0800. The van der Waals surface area contributed by atoms with Crippen molar-refractivity contribution in [1.82, 2.24) is 10.2 Å². The lowest BCUT2D eigenvalue weighted by Gasteiger charge is -2.27. The van der Waals surface area contributed by atoms with Gasteiger partial charge in [0.2, 0.25) is 0 Å². The van der Waals surface area contributed by atoms with Crippen molar-refractivity contribution in [3.05, 3.63) is 0 Å². The first-order valence-corrected chi connectivity index (χ1v) is 7.64. The normalized spacial score (nSPS) is 28.1. The summed E-state index contributed by atoms with van der Waals surface area (Å²) in [6, 6.07) is 1.40. The van der Waals surface area contributed by atoms with Crippen LogP contribution in [-0.4, -0.2) is 36.6 Å². The molecular weight excluding hydrogens is 208 g/mol. The minimum Gasteiger partial charge on any atom is -0.310 e. The molecule has 2 nitrogen and oxygen atoms in total. The topological polar surface area (TPSA) is 15.3 Å². The first kappa shape index (κ1) is 15.0. The van der Waals surface area contributed by atoms with Crippen LogP contribution in [0.5, 0.6) is 0 Å². The van der Waals surface area contributed by atoms with E-state index in [1.807, 2.05) is 0 Å². The molecule has 2 heteroatoms. The van der Waals surface area contributed by atoms with Gasteiger partial charge in [-0.15, -0.1) is 0 Å². The maximum Gasteiger partial charge on any atom is 0.0169 e. The largest absolute Gasteiger partial charge is 0.310 e. The average Bonchev–Trinajstić information content (AvgIpc) is 2.51. The molecule has 1 fully saturated rings. The molecular formula is C15H32N2. The van der Waals surface area contributed by atoms with E-state index in [0.717, 1.165) is 12.0 Å². The second kappa shape index (κ2) is 8.10. The fraction of sp³-hybridized carbons (Fsp3) is 1.00. The third-order valence-electron chi connectivity index (χ3n) is 4.20. The van der Waals surface area contributed by atoms with Gasteiger partial charge in [-0.1, -0.05) is 33.6 Å². The van der Waals surface area contributed by atoms with Gasteiger partial charge in [0.1, 0.15) is 0 Å². The van der Waals surface area contributed by atoms with Gasteiger partial charge in [-0.2, -0.15) is 0 Å². The van der Waals surface area contributed by atoms with Gasteiger partial charge in [-0.25, -0.2) is 0 Å². The standard InChI is InChI=1S/C15H32N2/c1-5-17(6-2)12-14(4)16-15-9-7-8-13(3)10-11-15/h13-16H,5-12H2,1-4H3. The maximum absolute atomic E-state index is 3.84. The Labute approximate surface area is 108 Å². The molecule has 3 atom stereocenters. The molecule has 1 aliphatic rings. The van der Waals surface area contributed by atoms with Crippen LogP contribution < -0.4 is 5.32 Å². The highest BCUT2D eigenvalue weighted by atomic mass is 15.1. The third-order valence-corrected chi connectivity index (χ3v) is 4.20. The highest BCUT2D eigenvalue weighted by Crippen LogP contribution is 2.22. The summed E-state index contributed by atoms with van der Waals surface area (Å²) in [7, 11) is 0. The average molecular weight is 240 g/mol. The highest BCUT2D eigenvalue weighted by molar-refractivity contribution is 4.77. The molecule has 0 aliphatic heterocycles. The predicted molar refractivity (Wildman–Crippen MR) is 76.4 cm³/mol. The van der Waals surface area contributed by atoms with E-state index in [9.17, 15) is 0 Å². The van der Waals surface area contributed by atoms with Crippen LogP contribution in [0, 0.1) is 5.92 Å². The monoisotopic (exact) mass is 240 g/mol. The molecule has 0 bridgehead atoms. The summed E-state index contributed by atoms with van der Waals surface area (Å²) >= 11 is 0. The lowest BCUT2D eigenvalue weighted by molar-refractivity contribution is 0.256. The maximum atomic E-state index is 3.84.